The summed E-state index contributed by atoms with van der Waals surface area (Å²) in [4.78, 5) is 13.2. The SMILES string of the molecule is COc1ccc(OC)c(CN2CCN(c3cc(C)nc(N)n3)CC2)c1. The second-order valence-electron chi connectivity index (χ2n) is 6.17. The molecule has 1 aliphatic rings. The first-order valence-electron chi connectivity index (χ1n) is 8.38. The van der Waals surface area contributed by atoms with Crippen LogP contribution in [0.3, 0.4) is 0 Å². The average Bonchev–Trinajstić information content (AvgIpc) is 2.61. The third-order valence-corrected chi connectivity index (χ3v) is 4.44. The van der Waals surface area contributed by atoms with Crippen LogP contribution in [0.15, 0.2) is 24.3 Å². The number of nitrogens with two attached hydrogens (primary N) is 1. The molecule has 0 bridgehead atoms. The number of hydrogen-bond donors (Lipinski definition) is 1. The van der Waals surface area contributed by atoms with Crippen LogP contribution in [-0.2, 0) is 6.54 Å². The molecule has 0 radical (unpaired) electrons. The molecule has 1 aromatic carbocycles. The Morgan fingerprint density at radius 3 is 2.44 bits per heavy atom. The molecule has 2 aromatic rings. The van der Waals surface area contributed by atoms with E-state index >= 15 is 0 Å². The maximum absolute atomic E-state index is 5.77. The summed E-state index contributed by atoms with van der Waals surface area (Å²) in [5.41, 5.74) is 7.80. The number of ether oxygens (including phenoxy) is 2. The van der Waals surface area contributed by atoms with E-state index in [-0.39, 0.29) is 0 Å². The smallest absolute Gasteiger partial charge is 0.222 e. The standard InChI is InChI=1S/C18H25N5O2/c1-13-10-17(21-18(19)20-13)23-8-6-22(7-9-23)12-14-11-15(24-2)4-5-16(14)25-3/h4-5,10-11H,6-9,12H2,1-3H3,(H2,19,20,21). The lowest BCUT2D eigenvalue weighted by atomic mass is 10.1. The summed E-state index contributed by atoms with van der Waals surface area (Å²) >= 11 is 0. The minimum Gasteiger partial charge on any atom is -0.497 e. The third-order valence-electron chi connectivity index (χ3n) is 4.44. The van der Waals surface area contributed by atoms with E-state index in [1.807, 2.05) is 31.2 Å². The third kappa shape index (κ3) is 4.11. The van der Waals surface area contributed by atoms with Crippen molar-refractivity contribution in [3.63, 3.8) is 0 Å². The molecule has 1 saturated heterocycles. The molecule has 0 atom stereocenters. The number of aromatic nitrogens is 2. The Morgan fingerprint density at radius 1 is 1.04 bits per heavy atom. The monoisotopic (exact) mass is 343 g/mol. The Balaban J connectivity index is 1.65. The number of rotatable bonds is 5. The number of piperazine rings is 1. The summed E-state index contributed by atoms with van der Waals surface area (Å²) < 4.78 is 10.8. The summed E-state index contributed by atoms with van der Waals surface area (Å²) in [6.45, 7) is 6.48. The number of nitrogens with zero attached hydrogens (tertiary/aromatic N) is 4. The van der Waals surface area contributed by atoms with Crippen LogP contribution in [-0.4, -0.2) is 55.3 Å². The Labute approximate surface area is 148 Å². The molecule has 2 N–H and O–H groups in total. The normalized spacial score (nSPS) is 15.2. The van der Waals surface area contributed by atoms with Crippen molar-refractivity contribution in [2.45, 2.75) is 13.5 Å². The van der Waals surface area contributed by atoms with E-state index in [1.165, 1.54) is 0 Å². The molecule has 0 saturated carbocycles. The van der Waals surface area contributed by atoms with Gasteiger partial charge in [0.1, 0.15) is 17.3 Å². The second kappa shape index (κ2) is 7.57. The summed E-state index contributed by atoms with van der Waals surface area (Å²) in [6.07, 6.45) is 0. The van der Waals surface area contributed by atoms with E-state index in [2.05, 4.69) is 19.8 Å². The highest BCUT2D eigenvalue weighted by Crippen LogP contribution is 2.26. The van der Waals surface area contributed by atoms with Gasteiger partial charge >= 0.3 is 0 Å². The molecule has 0 aliphatic carbocycles. The van der Waals surface area contributed by atoms with Crippen molar-refractivity contribution >= 4 is 11.8 Å². The van der Waals surface area contributed by atoms with E-state index in [4.69, 9.17) is 15.2 Å². The summed E-state index contributed by atoms with van der Waals surface area (Å²) in [7, 11) is 3.38. The van der Waals surface area contributed by atoms with Gasteiger partial charge < -0.3 is 20.1 Å². The Kier molecular flexibility index (Phi) is 5.23. The molecule has 1 aromatic heterocycles. The maximum Gasteiger partial charge on any atom is 0.222 e. The molecule has 0 amide bonds. The largest absolute Gasteiger partial charge is 0.497 e. The van der Waals surface area contributed by atoms with Crippen molar-refractivity contribution in [3.05, 3.63) is 35.5 Å². The molecule has 1 fully saturated rings. The fraction of sp³-hybridized carbons (Fsp3) is 0.444. The van der Waals surface area contributed by atoms with Crippen molar-refractivity contribution < 1.29 is 9.47 Å². The van der Waals surface area contributed by atoms with Gasteiger partial charge in [0.15, 0.2) is 0 Å². The molecule has 2 heterocycles. The predicted octanol–water partition coefficient (Wildman–Crippen LogP) is 1.71. The molecule has 1 aliphatic heterocycles. The lowest BCUT2D eigenvalue weighted by Gasteiger charge is -2.35. The molecular weight excluding hydrogens is 318 g/mol. The van der Waals surface area contributed by atoms with Crippen LogP contribution in [0.1, 0.15) is 11.3 Å². The molecule has 7 heteroatoms. The Morgan fingerprint density at radius 2 is 1.80 bits per heavy atom. The summed E-state index contributed by atoms with van der Waals surface area (Å²) in [5.74, 6) is 2.98. The zero-order chi connectivity index (χ0) is 17.8. The molecule has 134 valence electrons. The van der Waals surface area contributed by atoms with Crippen LogP contribution in [0, 0.1) is 6.92 Å². The van der Waals surface area contributed by atoms with Crippen LogP contribution in [0.2, 0.25) is 0 Å². The lowest BCUT2D eigenvalue weighted by Crippen LogP contribution is -2.46. The minimum atomic E-state index is 0.332. The van der Waals surface area contributed by atoms with Crippen LogP contribution < -0.4 is 20.1 Å². The van der Waals surface area contributed by atoms with E-state index in [9.17, 15) is 0 Å². The Bertz CT molecular complexity index is 709. The van der Waals surface area contributed by atoms with Gasteiger partial charge in [-0.05, 0) is 25.1 Å². The zero-order valence-corrected chi connectivity index (χ0v) is 15.0. The van der Waals surface area contributed by atoms with E-state index in [0.29, 0.717) is 5.95 Å². The van der Waals surface area contributed by atoms with Gasteiger partial charge in [0.25, 0.3) is 0 Å². The number of nitrogen functional groups attached to an aromatic ring is 1. The lowest BCUT2D eigenvalue weighted by molar-refractivity contribution is 0.245. The molecule has 25 heavy (non-hydrogen) atoms. The van der Waals surface area contributed by atoms with Gasteiger partial charge in [-0.25, -0.2) is 4.98 Å². The van der Waals surface area contributed by atoms with Gasteiger partial charge in [0.05, 0.1) is 14.2 Å². The van der Waals surface area contributed by atoms with Crippen molar-refractivity contribution in [2.75, 3.05) is 51.0 Å². The highest BCUT2D eigenvalue weighted by Gasteiger charge is 2.20. The molecule has 3 rings (SSSR count). The maximum atomic E-state index is 5.77. The average molecular weight is 343 g/mol. The molecular formula is C18H25N5O2. The molecule has 7 nitrogen and oxygen atoms in total. The van der Waals surface area contributed by atoms with Crippen molar-refractivity contribution in [3.8, 4) is 11.5 Å². The fourth-order valence-corrected chi connectivity index (χ4v) is 3.12. The first kappa shape index (κ1) is 17.3. The number of methoxy groups -OCH3 is 2. The Hall–Kier alpha value is -2.54. The first-order chi connectivity index (χ1) is 12.1. The highest BCUT2D eigenvalue weighted by molar-refractivity contribution is 5.44. The zero-order valence-electron chi connectivity index (χ0n) is 15.0. The number of anilines is 2. The van der Waals surface area contributed by atoms with Gasteiger partial charge in [-0.2, -0.15) is 4.98 Å². The molecule has 0 unspecified atom stereocenters. The van der Waals surface area contributed by atoms with Crippen molar-refractivity contribution in [1.29, 1.82) is 0 Å². The minimum absolute atomic E-state index is 0.332. The number of aryl methyl sites for hydroxylation is 1. The van der Waals surface area contributed by atoms with Crippen molar-refractivity contribution in [1.82, 2.24) is 14.9 Å². The van der Waals surface area contributed by atoms with Crippen LogP contribution in [0.25, 0.3) is 0 Å². The van der Waals surface area contributed by atoms with Gasteiger partial charge in [-0.15, -0.1) is 0 Å². The summed E-state index contributed by atoms with van der Waals surface area (Å²) in [6, 6.07) is 7.90. The summed E-state index contributed by atoms with van der Waals surface area (Å²) in [5, 5.41) is 0. The fourth-order valence-electron chi connectivity index (χ4n) is 3.12. The predicted molar refractivity (Wildman–Crippen MR) is 98.2 cm³/mol. The highest BCUT2D eigenvalue weighted by atomic mass is 16.5. The quantitative estimate of drug-likeness (QED) is 0.885. The first-order valence-corrected chi connectivity index (χ1v) is 8.38. The van der Waals surface area contributed by atoms with Gasteiger partial charge in [0, 0.05) is 50.0 Å². The van der Waals surface area contributed by atoms with Crippen LogP contribution in [0.4, 0.5) is 11.8 Å². The van der Waals surface area contributed by atoms with E-state index < -0.39 is 0 Å². The van der Waals surface area contributed by atoms with E-state index in [0.717, 1.165) is 61.3 Å². The van der Waals surface area contributed by atoms with Crippen LogP contribution in [0.5, 0.6) is 11.5 Å². The topological polar surface area (TPSA) is 76.7 Å². The van der Waals surface area contributed by atoms with Gasteiger partial charge in [-0.3, -0.25) is 4.90 Å². The van der Waals surface area contributed by atoms with Crippen LogP contribution >= 0.6 is 0 Å². The number of benzene rings is 1. The second-order valence-corrected chi connectivity index (χ2v) is 6.17. The molecule has 0 spiro atoms. The van der Waals surface area contributed by atoms with E-state index in [1.54, 1.807) is 14.2 Å². The van der Waals surface area contributed by atoms with Gasteiger partial charge in [-0.1, -0.05) is 0 Å². The number of hydrogen-bond acceptors (Lipinski definition) is 7. The van der Waals surface area contributed by atoms with Gasteiger partial charge in [0.2, 0.25) is 5.95 Å². The van der Waals surface area contributed by atoms with Crippen molar-refractivity contribution in [2.24, 2.45) is 0 Å².